The fourth-order valence-corrected chi connectivity index (χ4v) is 5.38. The Bertz CT molecular complexity index is 458. The summed E-state index contributed by atoms with van der Waals surface area (Å²) in [6.07, 6.45) is 1.80. The van der Waals surface area contributed by atoms with Gasteiger partial charge in [-0.15, -0.1) is 0 Å². The van der Waals surface area contributed by atoms with E-state index in [4.69, 9.17) is 0 Å². The zero-order chi connectivity index (χ0) is 13.8. The third-order valence-electron chi connectivity index (χ3n) is 3.24. The number of nitrogens with one attached hydrogen (secondary N) is 1. The highest BCUT2D eigenvalue weighted by Crippen LogP contribution is 2.19. The quantitative estimate of drug-likeness (QED) is 0.637. The van der Waals surface area contributed by atoms with Gasteiger partial charge in [-0.3, -0.25) is 0 Å². The molecule has 0 radical (unpaired) electrons. The summed E-state index contributed by atoms with van der Waals surface area (Å²) in [6, 6.07) is -0.385. The number of hydrogen-bond donors (Lipinski definition) is 1. The highest BCUT2D eigenvalue weighted by Gasteiger charge is 2.35. The van der Waals surface area contributed by atoms with Crippen LogP contribution < -0.4 is 5.32 Å². The SMILES string of the molecule is CNCCCCS(=O)(=O)N(C)C1CCS(=O)(=O)C1. The van der Waals surface area contributed by atoms with E-state index in [2.05, 4.69) is 5.32 Å². The van der Waals surface area contributed by atoms with Gasteiger partial charge in [0, 0.05) is 13.1 Å². The molecule has 1 saturated heterocycles. The van der Waals surface area contributed by atoms with Crippen molar-refractivity contribution in [2.24, 2.45) is 0 Å². The molecule has 108 valence electrons. The second kappa shape index (κ2) is 6.31. The molecule has 1 rings (SSSR count). The lowest BCUT2D eigenvalue weighted by Gasteiger charge is -2.22. The molecule has 0 aromatic rings. The van der Waals surface area contributed by atoms with Crippen molar-refractivity contribution in [3.05, 3.63) is 0 Å². The van der Waals surface area contributed by atoms with E-state index in [1.54, 1.807) is 0 Å². The van der Waals surface area contributed by atoms with Crippen LogP contribution in [0.5, 0.6) is 0 Å². The average Bonchev–Trinajstić information content (AvgIpc) is 2.64. The molecular formula is C10H22N2O4S2. The van der Waals surface area contributed by atoms with Gasteiger partial charge < -0.3 is 5.32 Å². The van der Waals surface area contributed by atoms with Crippen LogP contribution in [-0.4, -0.2) is 65.1 Å². The molecule has 6 nitrogen and oxygen atoms in total. The van der Waals surface area contributed by atoms with E-state index >= 15 is 0 Å². The molecule has 18 heavy (non-hydrogen) atoms. The van der Waals surface area contributed by atoms with Crippen molar-refractivity contribution < 1.29 is 16.8 Å². The van der Waals surface area contributed by atoms with E-state index in [-0.39, 0.29) is 23.3 Å². The Morgan fingerprint density at radius 1 is 1.33 bits per heavy atom. The number of hydrogen-bond acceptors (Lipinski definition) is 5. The first-order valence-corrected chi connectivity index (χ1v) is 9.52. The first-order valence-electron chi connectivity index (χ1n) is 6.09. The number of rotatable bonds is 7. The fraction of sp³-hybridized carbons (Fsp3) is 1.00. The van der Waals surface area contributed by atoms with Crippen molar-refractivity contribution in [3.63, 3.8) is 0 Å². The normalized spacial score (nSPS) is 23.6. The second-order valence-electron chi connectivity index (χ2n) is 4.70. The Labute approximate surface area is 110 Å². The first-order chi connectivity index (χ1) is 8.28. The fourth-order valence-electron chi connectivity index (χ4n) is 2.02. The molecule has 0 saturated carbocycles. The largest absolute Gasteiger partial charge is 0.320 e. The lowest BCUT2D eigenvalue weighted by Crippen LogP contribution is -2.39. The van der Waals surface area contributed by atoms with Gasteiger partial charge in [0.2, 0.25) is 10.0 Å². The van der Waals surface area contributed by atoms with Crippen LogP contribution >= 0.6 is 0 Å². The van der Waals surface area contributed by atoms with Crippen LogP contribution in [0.2, 0.25) is 0 Å². The van der Waals surface area contributed by atoms with Gasteiger partial charge in [0.1, 0.15) is 0 Å². The Kier molecular flexibility index (Phi) is 5.57. The second-order valence-corrected chi connectivity index (χ2v) is 9.08. The Hall–Kier alpha value is -0.180. The summed E-state index contributed by atoms with van der Waals surface area (Å²) < 4.78 is 47.9. The molecule has 1 aliphatic heterocycles. The summed E-state index contributed by atoms with van der Waals surface area (Å²) in [5, 5.41) is 2.96. The molecule has 0 aliphatic carbocycles. The molecule has 1 atom stereocenters. The Morgan fingerprint density at radius 2 is 2.00 bits per heavy atom. The van der Waals surface area contributed by atoms with Gasteiger partial charge in [0.05, 0.1) is 17.3 Å². The monoisotopic (exact) mass is 298 g/mol. The van der Waals surface area contributed by atoms with Gasteiger partial charge in [0.15, 0.2) is 9.84 Å². The highest BCUT2D eigenvalue weighted by molar-refractivity contribution is 7.92. The molecule has 8 heteroatoms. The molecule has 0 amide bonds. The summed E-state index contributed by atoms with van der Waals surface area (Å²) >= 11 is 0. The third-order valence-corrected chi connectivity index (χ3v) is 6.97. The average molecular weight is 298 g/mol. The Morgan fingerprint density at radius 3 is 2.50 bits per heavy atom. The van der Waals surface area contributed by atoms with Gasteiger partial charge >= 0.3 is 0 Å². The van der Waals surface area contributed by atoms with Crippen molar-refractivity contribution in [1.82, 2.24) is 9.62 Å². The first kappa shape index (κ1) is 15.9. The topological polar surface area (TPSA) is 83.6 Å². The van der Waals surface area contributed by atoms with Crippen LogP contribution in [0.25, 0.3) is 0 Å². The molecule has 1 N–H and O–H groups in total. The number of sulfone groups is 1. The van der Waals surface area contributed by atoms with Crippen LogP contribution in [0.4, 0.5) is 0 Å². The zero-order valence-electron chi connectivity index (χ0n) is 10.9. The van der Waals surface area contributed by atoms with Gasteiger partial charge in [-0.1, -0.05) is 0 Å². The van der Waals surface area contributed by atoms with Gasteiger partial charge in [0.25, 0.3) is 0 Å². The molecule has 1 heterocycles. The van der Waals surface area contributed by atoms with Crippen LogP contribution in [0, 0.1) is 0 Å². The highest BCUT2D eigenvalue weighted by atomic mass is 32.2. The van der Waals surface area contributed by atoms with Crippen molar-refractivity contribution >= 4 is 19.9 Å². The maximum absolute atomic E-state index is 12.0. The smallest absolute Gasteiger partial charge is 0.214 e. The lowest BCUT2D eigenvalue weighted by molar-refractivity contribution is 0.393. The molecule has 1 fully saturated rings. The van der Waals surface area contributed by atoms with E-state index in [1.165, 1.54) is 11.4 Å². The van der Waals surface area contributed by atoms with Crippen LogP contribution in [-0.2, 0) is 19.9 Å². The standard InChI is InChI=1S/C10H22N2O4S2/c1-11-6-3-4-7-18(15,16)12(2)10-5-8-17(13,14)9-10/h10-11H,3-9H2,1-2H3. The van der Waals surface area contributed by atoms with Gasteiger partial charge in [-0.2, -0.15) is 0 Å². The van der Waals surface area contributed by atoms with Crippen molar-refractivity contribution in [3.8, 4) is 0 Å². The van der Waals surface area contributed by atoms with E-state index in [0.717, 1.165) is 13.0 Å². The molecule has 0 bridgehead atoms. The molecule has 0 spiro atoms. The summed E-state index contributed by atoms with van der Waals surface area (Å²) in [7, 11) is -3.07. The number of nitrogens with zero attached hydrogens (tertiary/aromatic N) is 1. The van der Waals surface area contributed by atoms with E-state index in [9.17, 15) is 16.8 Å². The maximum Gasteiger partial charge on any atom is 0.214 e. The van der Waals surface area contributed by atoms with E-state index in [0.29, 0.717) is 12.8 Å². The summed E-state index contributed by atoms with van der Waals surface area (Å²) in [4.78, 5) is 0. The van der Waals surface area contributed by atoms with Gasteiger partial charge in [-0.25, -0.2) is 21.1 Å². The van der Waals surface area contributed by atoms with Crippen molar-refractivity contribution in [2.45, 2.75) is 25.3 Å². The number of sulfonamides is 1. The zero-order valence-corrected chi connectivity index (χ0v) is 12.6. The summed E-state index contributed by atoms with van der Waals surface area (Å²) in [6.45, 7) is 0.789. The predicted octanol–water partition coefficient (Wildman–Crippen LogP) is -0.565. The molecule has 1 aliphatic rings. The maximum atomic E-state index is 12.0. The minimum atomic E-state index is -3.33. The Balaban J connectivity index is 2.52. The summed E-state index contributed by atoms with van der Waals surface area (Å²) in [5.74, 6) is 0.137. The van der Waals surface area contributed by atoms with Crippen LogP contribution in [0.15, 0.2) is 0 Å². The molecule has 1 unspecified atom stereocenters. The van der Waals surface area contributed by atoms with Gasteiger partial charge in [-0.05, 0) is 32.9 Å². The molecule has 0 aromatic heterocycles. The van der Waals surface area contributed by atoms with Crippen molar-refractivity contribution in [2.75, 3.05) is 37.9 Å². The number of unbranched alkanes of at least 4 members (excludes halogenated alkanes) is 1. The van der Waals surface area contributed by atoms with Crippen LogP contribution in [0.3, 0.4) is 0 Å². The van der Waals surface area contributed by atoms with E-state index in [1.807, 2.05) is 7.05 Å². The molecular weight excluding hydrogens is 276 g/mol. The predicted molar refractivity (Wildman–Crippen MR) is 71.8 cm³/mol. The third kappa shape index (κ3) is 4.49. The van der Waals surface area contributed by atoms with Crippen LogP contribution in [0.1, 0.15) is 19.3 Å². The lowest BCUT2D eigenvalue weighted by atomic mass is 10.3. The molecule has 0 aromatic carbocycles. The summed E-state index contributed by atoms with van der Waals surface area (Å²) in [5.41, 5.74) is 0. The van der Waals surface area contributed by atoms with E-state index < -0.39 is 19.9 Å². The van der Waals surface area contributed by atoms with Crippen molar-refractivity contribution in [1.29, 1.82) is 0 Å². The minimum absolute atomic E-state index is 0.0424. The minimum Gasteiger partial charge on any atom is -0.320 e.